The third-order valence-corrected chi connectivity index (χ3v) is 4.02. The lowest BCUT2D eigenvalue weighted by atomic mass is 10.1. The van der Waals surface area contributed by atoms with Gasteiger partial charge in [0.1, 0.15) is 17.1 Å². The van der Waals surface area contributed by atoms with Crippen LogP contribution in [-0.2, 0) is 0 Å². The number of azo groups is 2. The predicted molar refractivity (Wildman–Crippen MR) is 107 cm³/mol. The summed E-state index contributed by atoms with van der Waals surface area (Å²) in [5.41, 5.74) is 2.71. The number of hydrogen-bond donors (Lipinski definition) is 1. The lowest BCUT2D eigenvalue weighted by molar-refractivity contribution is 0.475. The molecule has 0 amide bonds. The van der Waals surface area contributed by atoms with E-state index in [0.717, 1.165) is 16.5 Å². The van der Waals surface area contributed by atoms with Gasteiger partial charge in [-0.1, -0.05) is 48.5 Å². The molecule has 4 aromatic rings. The summed E-state index contributed by atoms with van der Waals surface area (Å²) in [6.07, 6.45) is 0. The minimum Gasteiger partial charge on any atom is -0.508 e. The van der Waals surface area contributed by atoms with Gasteiger partial charge in [0.25, 0.3) is 0 Å². The van der Waals surface area contributed by atoms with E-state index in [1.54, 1.807) is 24.3 Å². The van der Waals surface area contributed by atoms with Gasteiger partial charge in [-0.2, -0.15) is 10.2 Å². The fourth-order valence-corrected chi connectivity index (χ4v) is 2.66. The zero-order valence-electron chi connectivity index (χ0n) is 14.4. The molecule has 0 spiro atoms. The maximum Gasteiger partial charge on any atom is 0.121 e. The molecule has 0 saturated carbocycles. The Morgan fingerprint density at radius 1 is 0.519 bits per heavy atom. The maximum absolute atomic E-state index is 9.41. The van der Waals surface area contributed by atoms with Crippen molar-refractivity contribution in [3.63, 3.8) is 0 Å². The summed E-state index contributed by atoms with van der Waals surface area (Å²) in [6.45, 7) is 0. The van der Waals surface area contributed by atoms with Crippen LogP contribution in [0.1, 0.15) is 0 Å². The molecule has 0 bridgehead atoms. The maximum atomic E-state index is 9.41. The Labute approximate surface area is 156 Å². The van der Waals surface area contributed by atoms with E-state index in [2.05, 4.69) is 20.5 Å². The summed E-state index contributed by atoms with van der Waals surface area (Å²) in [7, 11) is 0. The number of rotatable bonds is 4. The quantitative estimate of drug-likeness (QED) is 0.382. The molecular formula is C22H16N4O. The molecule has 0 unspecified atom stereocenters. The largest absolute Gasteiger partial charge is 0.508 e. The molecule has 0 atom stereocenters. The molecule has 0 saturated heterocycles. The van der Waals surface area contributed by atoms with E-state index >= 15 is 0 Å². The number of fused-ring (bicyclic) bond motifs is 1. The zero-order valence-corrected chi connectivity index (χ0v) is 14.4. The van der Waals surface area contributed by atoms with Crippen molar-refractivity contribution >= 4 is 33.5 Å². The molecule has 0 aliphatic heterocycles. The molecule has 4 rings (SSSR count). The second-order valence-corrected chi connectivity index (χ2v) is 5.91. The molecule has 1 N–H and O–H groups in total. The lowest BCUT2D eigenvalue weighted by Gasteiger charge is -2.04. The molecule has 0 aromatic heterocycles. The Morgan fingerprint density at radius 3 is 2.00 bits per heavy atom. The van der Waals surface area contributed by atoms with Crippen LogP contribution in [0.2, 0.25) is 0 Å². The molecule has 130 valence electrons. The SMILES string of the molecule is Oc1ccc(N=Nc2c(N=Nc3ccccc3)ccc3ccccc23)cc1. The molecule has 0 aliphatic carbocycles. The van der Waals surface area contributed by atoms with Crippen molar-refractivity contribution < 1.29 is 5.11 Å². The second kappa shape index (κ2) is 7.58. The molecule has 5 nitrogen and oxygen atoms in total. The number of hydrogen-bond acceptors (Lipinski definition) is 5. The van der Waals surface area contributed by atoms with Crippen LogP contribution in [-0.4, -0.2) is 5.11 Å². The Hall–Kier alpha value is -3.86. The van der Waals surface area contributed by atoms with E-state index in [4.69, 9.17) is 0 Å². The van der Waals surface area contributed by atoms with Crippen molar-refractivity contribution in [2.75, 3.05) is 0 Å². The van der Waals surface area contributed by atoms with Crippen molar-refractivity contribution in [1.29, 1.82) is 0 Å². The summed E-state index contributed by atoms with van der Waals surface area (Å²) in [4.78, 5) is 0. The first kappa shape index (κ1) is 16.6. The molecule has 0 radical (unpaired) electrons. The monoisotopic (exact) mass is 352 g/mol. The van der Waals surface area contributed by atoms with Crippen molar-refractivity contribution in [3.8, 4) is 5.75 Å². The van der Waals surface area contributed by atoms with Crippen molar-refractivity contribution in [2.24, 2.45) is 20.5 Å². The van der Waals surface area contributed by atoms with E-state index in [1.165, 1.54) is 0 Å². The van der Waals surface area contributed by atoms with Gasteiger partial charge in [0.2, 0.25) is 0 Å². The van der Waals surface area contributed by atoms with Gasteiger partial charge in [-0.25, -0.2) is 0 Å². The number of nitrogens with zero attached hydrogens (tertiary/aromatic N) is 4. The van der Waals surface area contributed by atoms with Crippen molar-refractivity contribution in [3.05, 3.63) is 91.0 Å². The normalized spacial score (nSPS) is 11.6. The summed E-state index contributed by atoms with van der Waals surface area (Å²) in [5.74, 6) is 0.191. The predicted octanol–water partition coefficient (Wildman–Crippen LogP) is 7.38. The van der Waals surface area contributed by atoms with E-state index < -0.39 is 0 Å². The van der Waals surface area contributed by atoms with Gasteiger partial charge in [0.15, 0.2) is 0 Å². The lowest BCUT2D eigenvalue weighted by Crippen LogP contribution is -1.75. The number of benzene rings is 4. The Balaban J connectivity index is 1.78. The van der Waals surface area contributed by atoms with Crippen molar-refractivity contribution in [2.45, 2.75) is 0 Å². The van der Waals surface area contributed by atoms with Crippen LogP contribution in [0.15, 0.2) is 111 Å². The summed E-state index contributed by atoms with van der Waals surface area (Å²) in [6, 6.07) is 27.9. The van der Waals surface area contributed by atoms with E-state index in [1.807, 2.05) is 66.7 Å². The van der Waals surface area contributed by atoms with Crippen LogP contribution in [0.3, 0.4) is 0 Å². The van der Waals surface area contributed by atoms with Crippen LogP contribution in [0.5, 0.6) is 5.75 Å². The van der Waals surface area contributed by atoms with E-state index in [0.29, 0.717) is 17.1 Å². The summed E-state index contributed by atoms with van der Waals surface area (Å²) < 4.78 is 0. The Bertz CT molecular complexity index is 1120. The fraction of sp³-hybridized carbons (Fsp3) is 0. The van der Waals surface area contributed by atoms with Gasteiger partial charge in [-0.15, -0.1) is 10.2 Å². The van der Waals surface area contributed by atoms with Gasteiger partial charge in [-0.05, 0) is 47.9 Å². The highest BCUT2D eigenvalue weighted by atomic mass is 16.3. The minimum absolute atomic E-state index is 0.191. The highest BCUT2D eigenvalue weighted by Crippen LogP contribution is 2.38. The first-order valence-corrected chi connectivity index (χ1v) is 8.49. The van der Waals surface area contributed by atoms with Gasteiger partial charge in [0, 0.05) is 5.39 Å². The van der Waals surface area contributed by atoms with Crippen LogP contribution >= 0.6 is 0 Å². The van der Waals surface area contributed by atoms with Crippen molar-refractivity contribution in [1.82, 2.24) is 0 Å². The average Bonchev–Trinajstić information content (AvgIpc) is 2.73. The third kappa shape index (κ3) is 3.88. The zero-order chi connectivity index (χ0) is 18.5. The fourth-order valence-electron chi connectivity index (χ4n) is 2.66. The number of phenols is 1. The second-order valence-electron chi connectivity index (χ2n) is 5.91. The summed E-state index contributed by atoms with van der Waals surface area (Å²) >= 11 is 0. The first-order chi connectivity index (χ1) is 13.3. The standard InChI is InChI=1S/C22H16N4O/c27-19-13-11-18(12-14-19)24-26-22-20-9-5-4-6-16(20)10-15-21(22)25-23-17-7-2-1-3-8-17/h1-15,27H. The third-order valence-electron chi connectivity index (χ3n) is 4.02. The van der Waals surface area contributed by atoms with Crippen LogP contribution in [0, 0.1) is 0 Å². The van der Waals surface area contributed by atoms with Gasteiger partial charge >= 0.3 is 0 Å². The van der Waals surface area contributed by atoms with Crippen LogP contribution in [0.4, 0.5) is 22.7 Å². The smallest absolute Gasteiger partial charge is 0.121 e. The topological polar surface area (TPSA) is 69.7 Å². The average molecular weight is 352 g/mol. The molecule has 0 aliphatic rings. The molecule has 0 heterocycles. The van der Waals surface area contributed by atoms with Crippen LogP contribution < -0.4 is 0 Å². The van der Waals surface area contributed by atoms with Gasteiger partial charge < -0.3 is 5.11 Å². The van der Waals surface area contributed by atoms with E-state index in [-0.39, 0.29) is 5.75 Å². The van der Waals surface area contributed by atoms with E-state index in [9.17, 15) is 5.11 Å². The highest BCUT2D eigenvalue weighted by molar-refractivity contribution is 5.97. The Kier molecular flexibility index (Phi) is 4.66. The number of aromatic hydroxyl groups is 1. The number of phenolic OH excluding ortho intramolecular Hbond substituents is 1. The Morgan fingerprint density at radius 2 is 1.19 bits per heavy atom. The minimum atomic E-state index is 0.191. The molecule has 4 aromatic carbocycles. The first-order valence-electron chi connectivity index (χ1n) is 8.49. The molecule has 5 heteroatoms. The molecule has 0 fully saturated rings. The van der Waals surface area contributed by atoms with Gasteiger partial charge in [-0.3, -0.25) is 0 Å². The summed E-state index contributed by atoms with van der Waals surface area (Å²) in [5, 5.41) is 28.8. The molecular weight excluding hydrogens is 336 g/mol. The van der Waals surface area contributed by atoms with Crippen LogP contribution in [0.25, 0.3) is 10.8 Å². The van der Waals surface area contributed by atoms with Gasteiger partial charge in [0.05, 0.1) is 11.4 Å². The highest BCUT2D eigenvalue weighted by Gasteiger charge is 2.07. The molecule has 27 heavy (non-hydrogen) atoms.